The Morgan fingerprint density at radius 1 is 1.40 bits per heavy atom. The van der Waals surface area contributed by atoms with Crippen LogP contribution in [0.2, 0.25) is 0 Å². The summed E-state index contributed by atoms with van der Waals surface area (Å²) in [5.74, 6) is 0.966. The number of Topliss-reactive ketones (excluding diaryl/α,β-unsaturated/α-hetero) is 1. The van der Waals surface area contributed by atoms with E-state index in [0.29, 0.717) is 11.7 Å². The standard InChI is InChI=1S/C9H14O/c1-6-4-5-9(10)8(3)7(6)2/h6H,4-5H2,1-3H3/t6-/m1/s1. The molecule has 0 radical (unpaired) electrons. The lowest BCUT2D eigenvalue weighted by Gasteiger charge is -2.19. The molecule has 0 bridgehead atoms. The summed E-state index contributed by atoms with van der Waals surface area (Å²) in [6, 6.07) is 0. The topological polar surface area (TPSA) is 17.1 Å². The molecular weight excluding hydrogens is 124 g/mol. The Labute approximate surface area is 62.1 Å². The van der Waals surface area contributed by atoms with E-state index in [1.54, 1.807) is 0 Å². The fourth-order valence-electron chi connectivity index (χ4n) is 1.34. The number of hydrogen-bond acceptors (Lipinski definition) is 1. The molecule has 0 saturated heterocycles. The van der Waals surface area contributed by atoms with Crippen LogP contribution >= 0.6 is 0 Å². The van der Waals surface area contributed by atoms with Gasteiger partial charge in [0.2, 0.25) is 0 Å². The summed E-state index contributed by atoms with van der Waals surface area (Å²) >= 11 is 0. The second-order valence-electron chi connectivity index (χ2n) is 3.17. The van der Waals surface area contributed by atoms with E-state index in [9.17, 15) is 4.79 Å². The minimum absolute atomic E-state index is 0.343. The van der Waals surface area contributed by atoms with Crippen LogP contribution in [-0.4, -0.2) is 5.78 Å². The van der Waals surface area contributed by atoms with Gasteiger partial charge in [-0.15, -0.1) is 0 Å². The number of rotatable bonds is 0. The molecule has 0 saturated carbocycles. The Kier molecular flexibility index (Phi) is 1.93. The first kappa shape index (κ1) is 7.52. The van der Waals surface area contributed by atoms with Crippen molar-refractivity contribution in [1.29, 1.82) is 0 Å². The zero-order valence-corrected chi connectivity index (χ0v) is 6.90. The highest BCUT2D eigenvalue weighted by atomic mass is 16.1. The van der Waals surface area contributed by atoms with Gasteiger partial charge in [-0.1, -0.05) is 12.5 Å². The van der Waals surface area contributed by atoms with E-state index in [1.165, 1.54) is 5.57 Å². The van der Waals surface area contributed by atoms with Crippen molar-refractivity contribution in [2.75, 3.05) is 0 Å². The molecule has 0 aromatic rings. The number of ketones is 1. The number of hydrogen-bond donors (Lipinski definition) is 0. The van der Waals surface area contributed by atoms with E-state index in [0.717, 1.165) is 18.4 Å². The van der Waals surface area contributed by atoms with Gasteiger partial charge in [0, 0.05) is 6.42 Å². The molecule has 0 unspecified atom stereocenters. The van der Waals surface area contributed by atoms with Crippen LogP contribution < -0.4 is 0 Å². The van der Waals surface area contributed by atoms with E-state index in [-0.39, 0.29) is 0 Å². The van der Waals surface area contributed by atoms with Gasteiger partial charge in [-0.2, -0.15) is 0 Å². The summed E-state index contributed by atoms with van der Waals surface area (Å²) < 4.78 is 0. The Balaban J connectivity index is 2.92. The average Bonchev–Trinajstić information content (AvgIpc) is 1.93. The molecule has 0 N–H and O–H groups in total. The fraction of sp³-hybridized carbons (Fsp3) is 0.667. The summed E-state index contributed by atoms with van der Waals surface area (Å²) in [6.45, 7) is 6.19. The lowest BCUT2D eigenvalue weighted by Crippen LogP contribution is -2.14. The van der Waals surface area contributed by atoms with E-state index in [1.807, 2.05) is 6.92 Å². The van der Waals surface area contributed by atoms with Gasteiger partial charge in [0.15, 0.2) is 5.78 Å². The Morgan fingerprint density at radius 3 is 2.50 bits per heavy atom. The molecule has 56 valence electrons. The molecule has 1 nitrogen and oxygen atoms in total. The minimum atomic E-state index is 0.343. The van der Waals surface area contributed by atoms with Crippen LogP contribution in [0.4, 0.5) is 0 Å². The van der Waals surface area contributed by atoms with Crippen molar-refractivity contribution >= 4 is 5.78 Å². The first-order valence-electron chi connectivity index (χ1n) is 3.83. The zero-order valence-electron chi connectivity index (χ0n) is 6.90. The summed E-state index contributed by atoms with van der Waals surface area (Å²) in [5, 5.41) is 0. The normalized spacial score (nSPS) is 27.5. The second-order valence-corrected chi connectivity index (χ2v) is 3.17. The number of carbonyl (C=O) groups excluding carboxylic acids is 1. The quantitative estimate of drug-likeness (QED) is 0.502. The third kappa shape index (κ3) is 1.13. The molecule has 1 atom stereocenters. The highest BCUT2D eigenvalue weighted by Gasteiger charge is 2.18. The van der Waals surface area contributed by atoms with Crippen LogP contribution in [0.3, 0.4) is 0 Å². The zero-order chi connectivity index (χ0) is 7.72. The van der Waals surface area contributed by atoms with Crippen molar-refractivity contribution in [3.05, 3.63) is 11.1 Å². The van der Waals surface area contributed by atoms with Crippen molar-refractivity contribution < 1.29 is 4.79 Å². The summed E-state index contributed by atoms with van der Waals surface area (Å²) in [4.78, 5) is 11.1. The molecule has 0 aliphatic heterocycles. The molecule has 0 aromatic heterocycles. The first-order chi connectivity index (χ1) is 4.63. The fourth-order valence-corrected chi connectivity index (χ4v) is 1.34. The number of allylic oxidation sites excluding steroid dienone is 2. The molecule has 1 rings (SSSR count). The molecule has 10 heavy (non-hydrogen) atoms. The SMILES string of the molecule is CC1=C(C)[C@H](C)CCC1=O. The lowest BCUT2D eigenvalue weighted by atomic mass is 9.85. The van der Waals surface area contributed by atoms with Crippen LogP contribution in [0.25, 0.3) is 0 Å². The summed E-state index contributed by atoms with van der Waals surface area (Å²) in [5.41, 5.74) is 2.29. The molecule has 0 amide bonds. The van der Waals surface area contributed by atoms with Gasteiger partial charge in [0.1, 0.15) is 0 Å². The molecule has 1 aliphatic carbocycles. The van der Waals surface area contributed by atoms with Crippen LogP contribution in [0.15, 0.2) is 11.1 Å². The van der Waals surface area contributed by atoms with Crippen molar-refractivity contribution in [2.45, 2.75) is 33.6 Å². The molecule has 1 aliphatic rings. The van der Waals surface area contributed by atoms with Crippen molar-refractivity contribution in [2.24, 2.45) is 5.92 Å². The molecular formula is C9H14O. The maximum absolute atomic E-state index is 11.1. The van der Waals surface area contributed by atoms with Gasteiger partial charge >= 0.3 is 0 Å². The highest BCUT2D eigenvalue weighted by molar-refractivity contribution is 5.96. The summed E-state index contributed by atoms with van der Waals surface area (Å²) in [7, 11) is 0. The Bertz CT molecular complexity index is 189. The molecule has 0 heterocycles. The van der Waals surface area contributed by atoms with Gasteiger partial charge in [-0.25, -0.2) is 0 Å². The largest absolute Gasteiger partial charge is 0.295 e. The third-order valence-corrected chi connectivity index (χ3v) is 2.55. The average molecular weight is 138 g/mol. The number of carbonyl (C=O) groups is 1. The van der Waals surface area contributed by atoms with Crippen LogP contribution in [0.5, 0.6) is 0 Å². The highest BCUT2D eigenvalue weighted by Crippen LogP contribution is 2.26. The first-order valence-corrected chi connectivity index (χ1v) is 3.83. The van der Waals surface area contributed by atoms with E-state index in [4.69, 9.17) is 0 Å². The van der Waals surface area contributed by atoms with Crippen molar-refractivity contribution in [1.82, 2.24) is 0 Å². The predicted octanol–water partition coefficient (Wildman–Crippen LogP) is 2.32. The second kappa shape index (κ2) is 2.57. The molecule has 1 heteroatoms. The van der Waals surface area contributed by atoms with Crippen molar-refractivity contribution in [3.8, 4) is 0 Å². The molecule has 0 aromatic carbocycles. The smallest absolute Gasteiger partial charge is 0.158 e. The minimum Gasteiger partial charge on any atom is -0.295 e. The lowest BCUT2D eigenvalue weighted by molar-refractivity contribution is -0.116. The van der Waals surface area contributed by atoms with Gasteiger partial charge in [-0.3, -0.25) is 4.79 Å². The van der Waals surface area contributed by atoms with Crippen molar-refractivity contribution in [3.63, 3.8) is 0 Å². The van der Waals surface area contributed by atoms with E-state index < -0.39 is 0 Å². The van der Waals surface area contributed by atoms with E-state index >= 15 is 0 Å². The predicted molar refractivity (Wildman–Crippen MR) is 41.8 cm³/mol. The van der Waals surface area contributed by atoms with Gasteiger partial charge in [0.05, 0.1) is 0 Å². The van der Waals surface area contributed by atoms with Crippen LogP contribution in [0, 0.1) is 5.92 Å². The Hall–Kier alpha value is -0.590. The van der Waals surface area contributed by atoms with Crippen LogP contribution in [0.1, 0.15) is 33.6 Å². The summed E-state index contributed by atoms with van der Waals surface area (Å²) in [6.07, 6.45) is 1.80. The van der Waals surface area contributed by atoms with Gasteiger partial charge in [-0.05, 0) is 31.8 Å². The van der Waals surface area contributed by atoms with Gasteiger partial charge < -0.3 is 0 Å². The Morgan fingerprint density at radius 2 is 2.00 bits per heavy atom. The molecule has 0 fully saturated rings. The maximum atomic E-state index is 11.1. The monoisotopic (exact) mass is 138 g/mol. The molecule has 0 spiro atoms. The third-order valence-electron chi connectivity index (χ3n) is 2.55. The van der Waals surface area contributed by atoms with E-state index in [2.05, 4.69) is 13.8 Å². The van der Waals surface area contributed by atoms with Crippen LogP contribution in [-0.2, 0) is 4.79 Å². The van der Waals surface area contributed by atoms with Gasteiger partial charge in [0.25, 0.3) is 0 Å². The maximum Gasteiger partial charge on any atom is 0.158 e.